The van der Waals surface area contributed by atoms with Crippen molar-refractivity contribution in [1.82, 2.24) is 14.5 Å². The Kier molecular flexibility index (Phi) is 8.60. The second kappa shape index (κ2) is 12.0. The maximum atomic E-state index is 14.0. The van der Waals surface area contributed by atoms with E-state index in [4.69, 9.17) is 18.9 Å². The van der Waals surface area contributed by atoms with Gasteiger partial charge in [0, 0.05) is 32.6 Å². The van der Waals surface area contributed by atoms with E-state index < -0.39 is 5.60 Å². The lowest BCUT2D eigenvalue weighted by Crippen LogP contribution is -2.39. The zero-order valence-corrected chi connectivity index (χ0v) is 20.5. The summed E-state index contributed by atoms with van der Waals surface area (Å²) in [4.78, 5) is 6.46. The van der Waals surface area contributed by atoms with E-state index >= 15 is 0 Å². The van der Waals surface area contributed by atoms with Gasteiger partial charge in [-0.3, -0.25) is 4.90 Å². The number of likely N-dealkylation sites (tertiary alicyclic amines) is 1. The fraction of sp³-hybridized carbons (Fsp3) is 0.444. The second-order valence-electron chi connectivity index (χ2n) is 8.87. The van der Waals surface area contributed by atoms with Crippen LogP contribution < -0.4 is 14.2 Å². The fourth-order valence-corrected chi connectivity index (χ4v) is 4.43. The minimum absolute atomic E-state index is 0.268. The topological polar surface area (TPSA) is 58.0 Å². The number of aromatic nitrogens is 2. The molecule has 0 bridgehead atoms. The Labute approximate surface area is 206 Å². The number of methoxy groups -OCH3 is 2. The van der Waals surface area contributed by atoms with Crippen LogP contribution in [0.1, 0.15) is 24.8 Å². The number of hydrogen-bond donors (Lipinski definition) is 0. The number of nitrogens with zero attached hydrogens (tertiary/aromatic N) is 3. The predicted octanol–water partition coefficient (Wildman–Crippen LogP) is 4.56. The summed E-state index contributed by atoms with van der Waals surface area (Å²) < 4.78 is 39.2. The van der Waals surface area contributed by atoms with Gasteiger partial charge in [-0.05, 0) is 55.6 Å². The van der Waals surface area contributed by atoms with Gasteiger partial charge in [0.2, 0.25) is 0 Å². The molecule has 1 fully saturated rings. The fourth-order valence-electron chi connectivity index (χ4n) is 4.43. The molecular formula is C27H34FN3O4. The van der Waals surface area contributed by atoms with Crippen LogP contribution in [0.25, 0.3) is 0 Å². The van der Waals surface area contributed by atoms with Gasteiger partial charge in [0.05, 0.1) is 20.0 Å². The first-order valence-electron chi connectivity index (χ1n) is 12.0. The Morgan fingerprint density at radius 3 is 2.66 bits per heavy atom. The predicted molar refractivity (Wildman–Crippen MR) is 131 cm³/mol. The van der Waals surface area contributed by atoms with Gasteiger partial charge in [-0.15, -0.1) is 0 Å². The summed E-state index contributed by atoms with van der Waals surface area (Å²) in [5.74, 6) is 1.38. The first-order chi connectivity index (χ1) is 17.1. The first-order valence-corrected chi connectivity index (χ1v) is 12.0. The van der Waals surface area contributed by atoms with Gasteiger partial charge < -0.3 is 23.5 Å². The highest BCUT2D eigenvalue weighted by Gasteiger charge is 2.34. The Balaban J connectivity index is 1.32. The van der Waals surface area contributed by atoms with Crippen LogP contribution in [0.15, 0.2) is 61.2 Å². The number of imidazole rings is 1. The van der Waals surface area contributed by atoms with Crippen molar-refractivity contribution < 1.29 is 23.3 Å². The number of ether oxygens (including phenoxy) is 4. The Morgan fingerprint density at radius 1 is 1.00 bits per heavy atom. The molecule has 8 heteroatoms. The molecule has 0 unspecified atom stereocenters. The van der Waals surface area contributed by atoms with Crippen molar-refractivity contribution in [2.75, 3.05) is 40.5 Å². The maximum absolute atomic E-state index is 14.0. The molecule has 4 rings (SSSR count). The molecule has 0 radical (unpaired) electrons. The summed E-state index contributed by atoms with van der Waals surface area (Å²) in [6, 6.07) is 12.6. The largest absolute Gasteiger partial charge is 0.493 e. The molecule has 1 aliphatic rings. The van der Waals surface area contributed by atoms with E-state index in [2.05, 4.69) is 16.0 Å². The molecule has 188 valence electrons. The zero-order valence-electron chi connectivity index (χ0n) is 20.5. The van der Waals surface area contributed by atoms with E-state index in [0.29, 0.717) is 13.2 Å². The van der Waals surface area contributed by atoms with Crippen LogP contribution in [0, 0.1) is 5.82 Å². The summed E-state index contributed by atoms with van der Waals surface area (Å²) in [5.41, 5.74) is 0.734. The molecule has 3 aromatic rings. The molecule has 1 atom stereocenters. The van der Waals surface area contributed by atoms with E-state index in [-0.39, 0.29) is 11.6 Å². The maximum Gasteiger partial charge on any atom is 0.165 e. The number of rotatable bonds is 11. The third kappa shape index (κ3) is 6.74. The van der Waals surface area contributed by atoms with Crippen molar-refractivity contribution in [2.45, 2.75) is 38.0 Å². The molecule has 2 heterocycles. The zero-order chi connectivity index (χ0) is 24.5. The highest BCUT2D eigenvalue weighted by molar-refractivity contribution is 5.43. The molecule has 1 saturated heterocycles. The van der Waals surface area contributed by atoms with Crippen molar-refractivity contribution >= 4 is 0 Å². The van der Waals surface area contributed by atoms with E-state index in [1.807, 2.05) is 22.9 Å². The van der Waals surface area contributed by atoms with E-state index in [1.54, 1.807) is 44.9 Å². The van der Waals surface area contributed by atoms with Gasteiger partial charge in [0.25, 0.3) is 0 Å². The summed E-state index contributed by atoms with van der Waals surface area (Å²) in [6.07, 6.45) is 8.09. The first kappa shape index (κ1) is 25.0. The number of benzene rings is 2. The number of para-hydroxylation sites is 1. The van der Waals surface area contributed by atoms with Crippen molar-refractivity contribution in [1.29, 1.82) is 0 Å². The molecule has 1 aliphatic heterocycles. The van der Waals surface area contributed by atoms with Crippen LogP contribution in [-0.2, 0) is 17.8 Å². The minimum atomic E-state index is -0.429. The SMILES string of the molecule is COc1cc(CN2CCC[C@](COc3ccccc3F)(OC)CC2)ccc1OCCn1ccnc1. The van der Waals surface area contributed by atoms with Crippen LogP contribution in [0.2, 0.25) is 0 Å². The lowest BCUT2D eigenvalue weighted by Gasteiger charge is -2.31. The van der Waals surface area contributed by atoms with Crippen LogP contribution in [0.5, 0.6) is 17.2 Å². The van der Waals surface area contributed by atoms with Crippen LogP contribution >= 0.6 is 0 Å². The highest BCUT2D eigenvalue weighted by atomic mass is 19.1. The van der Waals surface area contributed by atoms with Crippen LogP contribution in [0.4, 0.5) is 4.39 Å². The molecule has 0 aliphatic carbocycles. The average molecular weight is 484 g/mol. The summed E-state index contributed by atoms with van der Waals surface area (Å²) in [7, 11) is 3.38. The summed E-state index contributed by atoms with van der Waals surface area (Å²) >= 11 is 0. The van der Waals surface area contributed by atoms with Gasteiger partial charge in [0.15, 0.2) is 23.1 Å². The quantitative estimate of drug-likeness (QED) is 0.399. The van der Waals surface area contributed by atoms with Crippen molar-refractivity contribution in [2.24, 2.45) is 0 Å². The number of hydrogen-bond acceptors (Lipinski definition) is 6. The molecule has 35 heavy (non-hydrogen) atoms. The van der Waals surface area contributed by atoms with Gasteiger partial charge in [-0.1, -0.05) is 18.2 Å². The van der Waals surface area contributed by atoms with Crippen molar-refractivity contribution in [3.05, 3.63) is 72.6 Å². The third-order valence-electron chi connectivity index (χ3n) is 6.55. The standard InChI is InChI=1S/C27H34FN3O4/c1-32-26-18-22(8-9-25(26)34-17-16-31-15-12-29-21-31)19-30-13-5-10-27(33-2,11-14-30)20-35-24-7-4-3-6-23(24)28/h3-4,6-9,12,15,18,21H,5,10-11,13-14,16-17,19-20H2,1-2H3/t27-/m0/s1. The van der Waals surface area contributed by atoms with Gasteiger partial charge in [-0.2, -0.15) is 0 Å². The van der Waals surface area contributed by atoms with E-state index in [1.165, 1.54) is 6.07 Å². The van der Waals surface area contributed by atoms with E-state index in [0.717, 1.165) is 62.5 Å². The Morgan fingerprint density at radius 2 is 1.89 bits per heavy atom. The van der Waals surface area contributed by atoms with Crippen LogP contribution in [-0.4, -0.2) is 60.6 Å². The normalized spacial score (nSPS) is 18.7. The molecule has 7 nitrogen and oxygen atoms in total. The van der Waals surface area contributed by atoms with Gasteiger partial charge in [-0.25, -0.2) is 9.37 Å². The van der Waals surface area contributed by atoms with Crippen molar-refractivity contribution in [3.63, 3.8) is 0 Å². The molecule has 0 amide bonds. The lowest BCUT2D eigenvalue weighted by atomic mass is 9.95. The third-order valence-corrected chi connectivity index (χ3v) is 6.55. The number of halogens is 1. The molecular weight excluding hydrogens is 449 g/mol. The monoisotopic (exact) mass is 483 g/mol. The Bertz CT molecular complexity index is 1060. The summed E-state index contributed by atoms with van der Waals surface area (Å²) in [5, 5.41) is 0. The smallest absolute Gasteiger partial charge is 0.165 e. The molecule has 2 aromatic carbocycles. The average Bonchev–Trinajstić information content (AvgIpc) is 3.32. The second-order valence-corrected chi connectivity index (χ2v) is 8.87. The summed E-state index contributed by atoms with van der Waals surface area (Å²) in [6.45, 7) is 4.21. The van der Waals surface area contributed by atoms with E-state index in [9.17, 15) is 4.39 Å². The minimum Gasteiger partial charge on any atom is -0.493 e. The highest BCUT2D eigenvalue weighted by Crippen LogP contribution is 2.31. The molecule has 1 aromatic heterocycles. The Hall–Kier alpha value is -3.10. The van der Waals surface area contributed by atoms with Gasteiger partial charge >= 0.3 is 0 Å². The van der Waals surface area contributed by atoms with Crippen LogP contribution in [0.3, 0.4) is 0 Å². The molecule has 0 N–H and O–H groups in total. The van der Waals surface area contributed by atoms with Gasteiger partial charge in [0.1, 0.15) is 18.8 Å². The van der Waals surface area contributed by atoms with Crippen molar-refractivity contribution in [3.8, 4) is 17.2 Å². The molecule has 0 spiro atoms. The lowest BCUT2D eigenvalue weighted by molar-refractivity contribution is -0.0548. The molecule has 0 saturated carbocycles.